The molecule has 2 unspecified atom stereocenters. The minimum Gasteiger partial charge on any atom is -0.475 e. The van der Waals surface area contributed by atoms with Crippen molar-refractivity contribution >= 4 is 11.9 Å². The van der Waals surface area contributed by atoms with Crippen LogP contribution in [-0.2, 0) is 20.8 Å². The summed E-state index contributed by atoms with van der Waals surface area (Å²) in [7, 11) is 0. The standard InChI is InChI=1S/C23H30N4O3.C2HF3O2/c1-17-3-5-20(6-4-17)22(28)26-13-21-7-8-23(30-21)15-27(9-10-29-16-23)14-19-11-24-18(2)25-12-19;3-2(4,5)1(6)7/h3-6,11-12,21H,7-10,13-16H2,1-2H3,(H,26,28);(H,6,7). The van der Waals surface area contributed by atoms with Crippen molar-refractivity contribution in [1.82, 2.24) is 20.2 Å². The number of hydrogen-bond donors (Lipinski definition) is 2. The highest BCUT2D eigenvalue weighted by Crippen LogP contribution is 2.33. The third-order valence-corrected chi connectivity index (χ3v) is 6.05. The van der Waals surface area contributed by atoms with Gasteiger partial charge in [0.25, 0.3) is 5.91 Å². The van der Waals surface area contributed by atoms with Gasteiger partial charge in [-0.1, -0.05) is 17.7 Å². The van der Waals surface area contributed by atoms with Crippen LogP contribution < -0.4 is 5.32 Å². The fourth-order valence-electron chi connectivity index (χ4n) is 4.15. The van der Waals surface area contributed by atoms with Gasteiger partial charge in [-0.05, 0) is 38.8 Å². The Balaban J connectivity index is 0.000000479. The van der Waals surface area contributed by atoms with Crippen molar-refractivity contribution in [3.8, 4) is 0 Å². The molecule has 9 nitrogen and oxygen atoms in total. The van der Waals surface area contributed by atoms with Crippen LogP contribution in [0.5, 0.6) is 0 Å². The highest BCUT2D eigenvalue weighted by molar-refractivity contribution is 5.94. The van der Waals surface area contributed by atoms with Crippen molar-refractivity contribution < 1.29 is 37.3 Å². The molecule has 4 rings (SSSR count). The highest BCUT2D eigenvalue weighted by atomic mass is 19.4. The summed E-state index contributed by atoms with van der Waals surface area (Å²) in [5.41, 5.74) is 2.60. The lowest BCUT2D eigenvalue weighted by atomic mass is 10.00. The monoisotopic (exact) mass is 524 g/mol. The lowest BCUT2D eigenvalue weighted by Gasteiger charge is -2.32. The van der Waals surface area contributed by atoms with Crippen LogP contribution in [0.15, 0.2) is 36.7 Å². The zero-order valence-corrected chi connectivity index (χ0v) is 20.8. The molecule has 0 bridgehead atoms. The van der Waals surface area contributed by atoms with Crippen LogP contribution in [0.1, 0.15) is 40.2 Å². The van der Waals surface area contributed by atoms with E-state index in [0.29, 0.717) is 25.3 Å². The zero-order chi connectivity index (χ0) is 27.1. The fourth-order valence-corrected chi connectivity index (χ4v) is 4.15. The molecule has 1 aromatic heterocycles. The van der Waals surface area contributed by atoms with Gasteiger partial charge in [0.05, 0.1) is 19.3 Å². The minimum atomic E-state index is -5.08. The molecule has 1 spiro atoms. The Morgan fingerprint density at radius 2 is 1.84 bits per heavy atom. The van der Waals surface area contributed by atoms with Gasteiger partial charge in [-0.2, -0.15) is 13.2 Å². The van der Waals surface area contributed by atoms with E-state index in [2.05, 4.69) is 20.2 Å². The van der Waals surface area contributed by atoms with Crippen LogP contribution in [0.3, 0.4) is 0 Å². The molecule has 3 heterocycles. The summed E-state index contributed by atoms with van der Waals surface area (Å²) in [6.45, 7) is 8.14. The Hall–Kier alpha value is -3.09. The molecule has 0 radical (unpaired) electrons. The second kappa shape index (κ2) is 12.4. The smallest absolute Gasteiger partial charge is 0.475 e. The van der Waals surface area contributed by atoms with Crippen molar-refractivity contribution in [1.29, 1.82) is 0 Å². The first-order valence-corrected chi connectivity index (χ1v) is 11.9. The lowest BCUT2D eigenvalue weighted by molar-refractivity contribution is -0.192. The van der Waals surface area contributed by atoms with Gasteiger partial charge in [0.15, 0.2) is 0 Å². The predicted molar refractivity (Wildman–Crippen MR) is 127 cm³/mol. The first-order chi connectivity index (χ1) is 17.5. The predicted octanol–water partition coefficient (Wildman–Crippen LogP) is 2.91. The first kappa shape index (κ1) is 28.5. The number of carboxylic acid groups (broad SMARTS) is 1. The maximum atomic E-state index is 12.4. The molecule has 0 saturated carbocycles. The largest absolute Gasteiger partial charge is 0.490 e. The molecule has 1 amide bonds. The Kier molecular flexibility index (Phi) is 9.57. The zero-order valence-electron chi connectivity index (χ0n) is 20.8. The number of aromatic nitrogens is 2. The molecule has 1 aromatic carbocycles. The summed E-state index contributed by atoms with van der Waals surface area (Å²) in [5.74, 6) is -2.03. The Bertz CT molecular complexity index is 1050. The van der Waals surface area contributed by atoms with Gasteiger partial charge in [0.2, 0.25) is 0 Å². The van der Waals surface area contributed by atoms with Gasteiger partial charge in [-0.25, -0.2) is 14.8 Å². The third kappa shape index (κ3) is 8.76. The number of carbonyl (C=O) groups is 2. The quantitative estimate of drug-likeness (QED) is 0.614. The molecule has 37 heavy (non-hydrogen) atoms. The van der Waals surface area contributed by atoms with Crippen molar-refractivity contribution in [3.63, 3.8) is 0 Å². The van der Waals surface area contributed by atoms with Gasteiger partial charge in [0.1, 0.15) is 11.4 Å². The molecular formula is C25H31F3N4O5. The number of nitrogens with zero attached hydrogens (tertiary/aromatic N) is 3. The molecular weight excluding hydrogens is 493 g/mol. The number of nitrogens with one attached hydrogen (secondary N) is 1. The first-order valence-electron chi connectivity index (χ1n) is 11.9. The van der Waals surface area contributed by atoms with E-state index in [1.807, 2.05) is 50.5 Å². The summed E-state index contributed by atoms with van der Waals surface area (Å²) in [6.07, 6.45) is 0.544. The van der Waals surface area contributed by atoms with Gasteiger partial charge in [0, 0.05) is 49.7 Å². The minimum absolute atomic E-state index is 0.00524. The van der Waals surface area contributed by atoms with Crippen LogP contribution in [0.25, 0.3) is 0 Å². The van der Waals surface area contributed by atoms with Crippen molar-refractivity contribution in [2.75, 3.05) is 32.8 Å². The van der Waals surface area contributed by atoms with Crippen LogP contribution in [-0.4, -0.2) is 82.6 Å². The van der Waals surface area contributed by atoms with E-state index < -0.39 is 12.1 Å². The summed E-state index contributed by atoms with van der Waals surface area (Å²) in [5, 5.41) is 10.1. The number of rotatable bonds is 5. The maximum Gasteiger partial charge on any atom is 0.490 e. The molecule has 202 valence electrons. The summed E-state index contributed by atoms with van der Waals surface area (Å²) in [6, 6.07) is 7.61. The van der Waals surface area contributed by atoms with Gasteiger partial charge < -0.3 is 19.9 Å². The number of benzene rings is 1. The molecule has 2 saturated heterocycles. The Labute approximate surface area is 213 Å². The van der Waals surface area contributed by atoms with Crippen LogP contribution in [0.4, 0.5) is 13.2 Å². The van der Waals surface area contributed by atoms with Crippen LogP contribution >= 0.6 is 0 Å². The number of alkyl halides is 3. The van der Waals surface area contributed by atoms with E-state index in [4.69, 9.17) is 19.4 Å². The SMILES string of the molecule is Cc1ccc(C(=O)NCC2CCC3(COCCN(Cc4cnc(C)nc4)C3)O2)cc1.O=C(O)C(F)(F)F. The van der Waals surface area contributed by atoms with E-state index in [9.17, 15) is 18.0 Å². The Morgan fingerprint density at radius 1 is 1.19 bits per heavy atom. The van der Waals surface area contributed by atoms with E-state index >= 15 is 0 Å². The molecule has 2 atom stereocenters. The highest BCUT2D eigenvalue weighted by Gasteiger charge is 2.43. The van der Waals surface area contributed by atoms with Gasteiger partial charge in [-0.15, -0.1) is 0 Å². The second-order valence-electron chi connectivity index (χ2n) is 9.24. The van der Waals surface area contributed by atoms with Crippen molar-refractivity contribution in [2.24, 2.45) is 0 Å². The average Bonchev–Trinajstić information content (AvgIpc) is 3.13. The number of ether oxygens (including phenoxy) is 2. The number of amides is 1. The Morgan fingerprint density at radius 3 is 2.46 bits per heavy atom. The summed E-state index contributed by atoms with van der Waals surface area (Å²) in [4.78, 5) is 32.3. The lowest BCUT2D eigenvalue weighted by Crippen LogP contribution is -2.45. The topological polar surface area (TPSA) is 114 Å². The van der Waals surface area contributed by atoms with E-state index in [1.165, 1.54) is 0 Å². The fraction of sp³-hybridized carbons (Fsp3) is 0.520. The van der Waals surface area contributed by atoms with Crippen molar-refractivity contribution in [2.45, 2.75) is 51.1 Å². The molecule has 0 aliphatic carbocycles. The number of aliphatic carboxylic acids is 1. The van der Waals surface area contributed by atoms with E-state index in [-0.39, 0.29) is 17.6 Å². The van der Waals surface area contributed by atoms with E-state index in [1.54, 1.807) is 0 Å². The maximum absolute atomic E-state index is 12.4. The van der Waals surface area contributed by atoms with Gasteiger partial charge >= 0.3 is 12.1 Å². The molecule has 2 aromatic rings. The molecule has 2 N–H and O–H groups in total. The number of carboxylic acids is 1. The summed E-state index contributed by atoms with van der Waals surface area (Å²) >= 11 is 0. The molecule has 2 aliphatic heterocycles. The molecule has 2 aliphatic rings. The normalized spacial score (nSPS) is 22.1. The third-order valence-electron chi connectivity index (χ3n) is 6.05. The molecule has 12 heteroatoms. The van der Waals surface area contributed by atoms with Crippen LogP contribution in [0, 0.1) is 13.8 Å². The van der Waals surface area contributed by atoms with E-state index in [0.717, 1.165) is 49.4 Å². The van der Waals surface area contributed by atoms with Gasteiger partial charge in [-0.3, -0.25) is 9.69 Å². The molecule has 2 fully saturated rings. The summed E-state index contributed by atoms with van der Waals surface area (Å²) < 4.78 is 44.1. The second-order valence-corrected chi connectivity index (χ2v) is 9.24. The number of carbonyl (C=O) groups excluding carboxylic acids is 1. The number of aryl methyl sites for hydroxylation is 2. The number of halogens is 3. The van der Waals surface area contributed by atoms with Crippen molar-refractivity contribution in [3.05, 3.63) is 59.2 Å². The number of hydrogen-bond acceptors (Lipinski definition) is 7. The average molecular weight is 525 g/mol. The van der Waals surface area contributed by atoms with Crippen LogP contribution in [0.2, 0.25) is 0 Å².